The van der Waals surface area contributed by atoms with Gasteiger partial charge in [-0.15, -0.1) is 0 Å². The van der Waals surface area contributed by atoms with Crippen LogP contribution >= 0.6 is 0 Å². The lowest BCUT2D eigenvalue weighted by atomic mass is 9.88. The predicted molar refractivity (Wildman–Crippen MR) is 95.1 cm³/mol. The lowest BCUT2D eigenvalue weighted by Crippen LogP contribution is -2.41. The lowest BCUT2D eigenvalue weighted by Gasteiger charge is -2.33. The highest BCUT2D eigenvalue weighted by Gasteiger charge is 2.28. The summed E-state index contributed by atoms with van der Waals surface area (Å²) in [6.07, 6.45) is 1.92. The number of nitrogens with zero attached hydrogens (tertiary/aromatic N) is 2. The van der Waals surface area contributed by atoms with Gasteiger partial charge in [0, 0.05) is 24.7 Å². The first-order valence-electron chi connectivity index (χ1n) is 8.57. The molecule has 134 valence electrons. The Bertz CT molecular complexity index is 795. The van der Waals surface area contributed by atoms with Crippen LogP contribution in [0.2, 0.25) is 0 Å². The molecule has 2 aromatic rings. The van der Waals surface area contributed by atoms with E-state index in [1.165, 1.54) is 4.57 Å². The number of carbonyl (C=O) groups excluding carboxylic acids is 1. The largest absolute Gasteiger partial charge is 0.464 e. The molecule has 1 N–H and O–H groups in total. The molecule has 1 aromatic heterocycles. The Labute approximate surface area is 147 Å². The topological polar surface area (TPSA) is 71.8 Å². The van der Waals surface area contributed by atoms with E-state index < -0.39 is 11.7 Å². The molecule has 3 rings (SSSR count). The number of likely N-dealkylation sites (tertiary alicyclic amines) is 1. The third kappa shape index (κ3) is 3.62. The number of benzene rings is 1. The maximum atomic E-state index is 12.2. The van der Waals surface area contributed by atoms with E-state index in [-0.39, 0.29) is 12.0 Å². The van der Waals surface area contributed by atoms with Gasteiger partial charge in [-0.2, -0.15) is 0 Å². The normalized spacial score (nSPS) is 16.2. The highest BCUT2D eigenvalue weighted by molar-refractivity contribution is 5.91. The SMILES string of the molecule is CC(C)(C)OC(=O)N1CCC(c2cccc3ccn(C(=O)O)c23)CC1. The third-order valence-corrected chi connectivity index (χ3v) is 4.54. The van der Waals surface area contributed by atoms with Crippen molar-refractivity contribution in [1.29, 1.82) is 0 Å². The van der Waals surface area contributed by atoms with Crippen LogP contribution in [0.5, 0.6) is 0 Å². The number of fused-ring (bicyclic) bond motifs is 1. The quantitative estimate of drug-likeness (QED) is 0.838. The minimum absolute atomic E-state index is 0.232. The number of hydrogen-bond donors (Lipinski definition) is 1. The monoisotopic (exact) mass is 344 g/mol. The van der Waals surface area contributed by atoms with Gasteiger partial charge in [0.15, 0.2) is 0 Å². The number of ether oxygens (including phenoxy) is 1. The first-order valence-corrected chi connectivity index (χ1v) is 8.57. The molecule has 0 saturated carbocycles. The first kappa shape index (κ1) is 17.3. The molecule has 0 radical (unpaired) electrons. The van der Waals surface area contributed by atoms with Crippen molar-refractivity contribution in [1.82, 2.24) is 9.47 Å². The van der Waals surface area contributed by atoms with E-state index in [0.29, 0.717) is 13.1 Å². The molecule has 1 aliphatic heterocycles. The summed E-state index contributed by atoms with van der Waals surface area (Å²) < 4.78 is 6.71. The average Bonchev–Trinajstić information content (AvgIpc) is 2.97. The Morgan fingerprint density at radius 2 is 1.84 bits per heavy atom. The average molecular weight is 344 g/mol. The zero-order valence-corrected chi connectivity index (χ0v) is 14.9. The molecule has 2 heterocycles. The van der Waals surface area contributed by atoms with Crippen molar-refractivity contribution < 1.29 is 19.4 Å². The summed E-state index contributed by atoms with van der Waals surface area (Å²) in [5, 5.41) is 10.3. The summed E-state index contributed by atoms with van der Waals surface area (Å²) in [7, 11) is 0. The summed E-state index contributed by atoms with van der Waals surface area (Å²) in [5.41, 5.74) is 1.29. The smallest absolute Gasteiger partial charge is 0.416 e. The molecule has 1 aliphatic rings. The van der Waals surface area contributed by atoms with Gasteiger partial charge in [-0.25, -0.2) is 9.59 Å². The molecule has 0 unspecified atom stereocenters. The number of amides is 1. The maximum Gasteiger partial charge on any atom is 0.416 e. The number of carbonyl (C=O) groups is 2. The van der Waals surface area contributed by atoms with Crippen LogP contribution in [-0.2, 0) is 4.74 Å². The molecule has 1 saturated heterocycles. The second kappa shape index (κ2) is 6.43. The van der Waals surface area contributed by atoms with E-state index in [9.17, 15) is 14.7 Å². The fourth-order valence-corrected chi connectivity index (χ4v) is 3.41. The molecule has 6 heteroatoms. The summed E-state index contributed by atoms with van der Waals surface area (Å²) >= 11 is 0. The van der Waals surface area contributed by atoms with Gasteiger partial charge in [0.2, 0.25) is 0 Å². The van der Waals surface area contributed by atoms with Crippen molar-refractivity contribution in [2.24, 2.45) is 0 Å². The Kier molecular flexibility index (Phi) is 4.45. The Hall–Kier alpha value is -2.50. The molecular formula is C19H24N2O4. The lowest BCUT2D eigenvalue weighted by molar-refractivity contribution is 0.0205. The van der Waals surface area contributed by atoms with Crippen LogP contribution in [0.15, 0.2) is 30.5 Å². The zero-order valence-electron chi connectivity index (χ0n) is 14.9. The van der Waals surface area contributed by atoms with Gasteiger partial charge >= 0.3 is 12.2 Å². The molecule has 6 nitrogen and oxygen atoms in total. The fraction of sp³-hybridized carbons (Fsp3) is 0.474. The first-order chi connectivity index (χ1) is 11.8. The molecule has 1 fully saturated rings. The highest BCUT2D eigenvalue weighted by atomic mass is 16.6. The van der Waals surface area contributed by atoms with Crippen molar-refractivity contribution in [3.8, 4) is 0 Å². The molecule has 0 aliphatic carbocycles. The number of piperidine rings is 1. The van der Waals surface area contributed by atoms with Crippen molar-refractivity contribution in [3.05, 3.63) is 36.0 Å². The zero-order chi connectivity index (χ0) is 18.2. The maximum absolute atomic E-state index is 12.2. The van der Waals surface area contributed by atoms with Gasteiger partial charge in [-0.3, -0.25) is 4.57 Å². The van der Waals surface area contributed by atoms with Crippen molar-refractivity contribution in [2.75, 3.05) is 13.1 Å². The van der Waals surface area contributed by atoms with Crippen LogP contribution < -0.4 is 0 Å². The molecule has 0 bridgehead atoms. The van der Waals surface area contributed by atoms with Gasteiger partial charge in [0.05, 0.1) is 5.52 Å². The third-order valence-electron chi connectivity index (χ3n) is 4.54. The molecule has 0 atom stereocenters. The fourth-order valence-electron chi connectivity index (χ4n) is 3.41. The van der Waals surface area contributed by atoms with Crippen LogP contribution in [-0.4, -0.2) is 45.5 Å². The highest BCUT2D eigenvalue weighted by Crippen LogP contribution is 2.34. The minimum Gasteiger partial charge on any atom is -0.464 e. The van der Waals surface area contributed by atoms with Gasteiger partial charge in [0.1, 0.15) is 5.60 Å². The van der Waals surface area contributed by atoms with Crippen LogP contribution in [0.3, 0.4) is 0 Å². The van der Waals surface area contributed by atoms with Crippen molar-refractivity contribution in [2.45, 2.75) is 45.1 Å². The Morgan fingerprint density at radius 3 is 2.44 bits per heavy atom. The van der Waals surface area contributed by atoms with Crippen LogP contribution in [0.1, 0.15) is 45.1 Å². The summed E-state index contributed by atoms with van der Waals surface area (Å²) in [5.74, 6) is 0.232. The van der Waals surface area contributed by atoms with Crippen LogP contribution in [0, 0.1) is 0 Å². The Balaban J connectivity index is 1.78. The summed E-state index contributed by atoms with van der Waals surface area (Å²) in [6, 6.07) is 7.70. The molecule has 25 heavy (non-hydrogen) atoms. The second-order valence-corrected chi connectivity index (χ2v) is 7.50. The van der Waals surface area contributed by atoms with E-state index >= 15 is 0 Å². The molecule has 0 spiro atoms. The predicted octanol–water partition coefficient (Wildman–Crippen LogP) is 4.28. The van der Waals surface area contributed by atoms with E-state index in [4.69, 9.17) is 4.74 Å². The van der Waals surface area contributed by atoms with Crippen LogP contribution in [0.25, 0.3) is 10.9 Å². The summed E-state index contributed by atoms with van der Waals surface area (Å²) in [6.45, 7) is 6.81. The van der Waals surface area contributed by atoms with Gasteiger partial charge < -0.3 is 14.7 Å². The van der Waals surface area contributed by atoms with Crippen molar-refractivity contribution in [3.63, 3.8) is 0 Å². The number of aromatic nitrogens is 1. The van der Waals surface area contributed by atoms with Gasteiger partial charge in [-0.05, 0) is 51.2 Å². The number of rotatable bonds is 1. The number of carboxylic acid groups (broad SMARTS) is 1. The molecule has 1 amide bonds. The molecule has 1 aromatic carbocycles. The second-order valence-electron chi connectivity index (χ2n) is 7.50. The summed E-state index contributed by atoms with van der Waals surface area (Å²) in [4.78, 5) is 25.4. The van der Waals surface area contributed by atoms with Gasteiger partial charge in [0.25, 0.3) is 0 Å². The van der Waals surface area contributed by atoms with E-state index in [0.717, 1.165) is 29.3 Å². The standard InChI is InChI=1S/C19H24N2O4/c1-19(2,3)25-18(24)20-10-7-13(8-11-20)15-6-4-5-14-9-12-21(16(14)15)17(22)23/h4-6,9,12-13H,7-8,10-11H2,1-3H3,(H,22,23). The van der Waals surface area contributed by atoms with Gasteiger partial charge in [-0.1, -0.05) is 18.2 Å². The minimum atomic E-state index is -0.978. The van der Waals surface area contributed by atoms with E-state index in [1.807, 2.05) is 45.0 Å². The van der Waals surface area contributed by atoms with E-state index in [2.05, 4.69) is 0 Å². The molecular weight excluding hydrogens is 320 g/mol. The van der Waals surface area contributed by atoms with Crippen LogP contribution in [0.4, 0.5) is 9.59 Å². The van der Waals surface area contributed by atoms with E-state index in [1.54, 1.807) is 11.1 Å². The Morgan fingerprint density at radius 1 is 1.16 bits per heavy atom. The number of para-hydroxylation sites is 1. The number of hydrogen-bond acceptors (Lipinski definition) is 3. The van der Waals surface area contributed by atoms with Crippen molar-refractivity contribution >= 4 is 23.1 Å².